The minimum absolute atomic E-state index is 0.0639. The van der Waals surface area contributed by atoms with E-state index in [9.17, 15) is 9.59 Å². The van der Waals surface area contributed by atoms with Crippen LogP contribution in [0.1, 0.15) is 51.0 Å². The first kappa shape index (κ1) is 19.5. The minimum Gasteiger partial charge on any atom is -0.466 e. The fraction of sp³-hybridized carbons (Fsp3) is 0.556. The van der Waals surface area contributed by atoms with Crippen molar-refractivity contribution < 1.29 is 19.1 Å². The van der Waals surface area contributed by atoms with Crippen molar-refractivity contribution in [3.8, 4) is 0 Å². The number of hydrogen-bond donors (Lipinski definition) is 0. The standard InChI is InChI=1S/C18H25ClO4/c1-2-3-4-5-13-22-17(20)10-11-18(21)23-14-12-15-6-8-16(19)9-7-15/h6-9H,2-5,10-14H2,1H3. The summed E-state index contributed by atoms with van der Waals surface area (Å²) in [6.45, 7) is 2.86. The molecule has 0 aliphatic heterocycles. The molecule has 0 heterocycles. The van der Waals surface area contributed by atoms with Crippen LogP contribution in [0.2, 0.25) is 5.02 Å². The second kappa shape index (κ2) is 11.9. The average Bonchev–Trinajstić information content (AvgIpc) is 2.54. The van der Waals surface area contributed by atoms with E-state index in [1.54, 1.807) is 12.1 Å². The van der Waals surface area contributed by atoms with Gasteiger partial charge in [0.15, 0.2) is 0 Å². The third-order valence-corrected chi connectivity index (χ3v) is 3.61. The number of halogens is 1. The maximum atomic E-state index is 11.6. The van der Waals surface area contributed by atoms with Gasteiger partial charge in [0, 0.05) is 11.4 Å². The van der Waals surface area contributed by atoms with E-state index < -0.39 is 0 Å². The van der Waals surface area contributed by atoms with Crippen molar-refractivity contribution in [3.63, 3.8) is 0 Å². The highest BCUT2D eigenvalue weighted by molar-refractivity contribution is 6.30. The summed E-state index contributed by atoms with van der Waals surface area (Å²) in [4.78, 5) is 23.0. The highest BCUT2D eigenvalue weighted by Gasteiger charge is 2.09. The van der Waals surface area contributed by atoms with Crippen molar-refractivity contribution in [2.75, 3.05) is 13.2 Å². The van der Waals surface area contributed by atoms with Gasteiger partial charge in [-0.3, -0.25) is 9.59 Å². The Kier molecular flexibility index (Phi) is 10.1. The third-order valence-electron chi connectivity index (χ3n) is 3.36. The van der Waals surface area contributed by atoms with E-state index in [2.05, 4.69) is 6.92 Å². The molecule has 128 valence electrons. The van der Waals surface area contributed by atoms with E-state index in [0.29, 0.717) is 24.7 Å². The smallest absolute Gasteiger partial charge is 0.306 e. The number of unbranched alkanes of at least 4 members (excludes halogenated alkanes) is 3. The lowest BCUT2D eigenvalue weighted by molar-refractivity contribution is -0.150. The molecule has 0 saturated carbocycles. The maximum Gasteiger partial charge on any atom is 0.306 e. The van der Waals surface area contributed by atoms with E-state index in [0.717, 1.165) is 31.2 Å². The van der Waals surface area contributed by atoms with Gasteiger partial charge in [0.25, 0.3) is 0 Å². The van der Waals surface area contributed by atoms with Crippen LogP contribution in [0, 0.1) is 0 Å². The SMILES string of the molecule is CCCCCCOC(=O)CCC(=O)OCCc1ccc(Cl)cc1. The van der Waals surface area contributed by atoms with Crippen LogP contribution in [-0.2, 0) is 25.5 Å². The lowest BCUT2D eigenvalue weighted by atomic mass is 10.2. The van der Waals surface area contributed by atoms with E-state index in [4.69, 9.17) is 21.1 Å². The molecule has 0 bridgehead atoms. The van der Waals surface area contributed by atoms with Gasteiger partial charge in [0.1, 0.15) is 0 Å². The molecule has 0 unspecified atom stereocenters. The van der Waals surface area contributed by atoms with E-state index >= 15 is 0 Å². The normalized spacial score (nSPS) is 10.3. The van der Waals surface area contributed by atoms with Crippen LogP contribution in [0.3, 0.4) is 0 Å². The quantitative estimate of drug-likeness (QED) is 0.444. The minimum atomic E-state index is -0.373. The summed E-state index contributed by atoms with van der Waals surface area (Å²) in [6, 6.07) is 7.39. The van der Waals surface area contributed by atoms with Crippen LogP contribution in [0.25, 0.3) is 0 Å². The van der Waals surface area contributed by atoms with Crippen LogP contribution in [0.4, 0.5) is 0 Å². The molecule has 0 atom stereocenters. The molecule has 4 nitrogen and oxygen atoms in total. The van der Waals surface area contributed by atoms with Crippen LogP contribution >= 0.6 is 11.6 Å². The highest BCUT2D eigenvalue weighted by Crippen LogP contribution is 2.10. The zero-order valence-electron chi connectivity index (χ0n) is 13.7. The van der Waals surface area contributed by atoms with Crippen LogP contribution in [0.15, 0.2) is 24.3 Å². The Morgan fingerprint density at radius 1 is 0.913 bits per heavy atom. The second-order valence-corrected chi connectivity index (χ2v) is 5.81. The van der Waals surface area contributed by atoms with Gasteiger partial charge in [-0.05, 0) is 24.1 Å². The Balaban J connectivity index is 2.05. The van der Waals surface area contributed by atoms with Crippen molar-refractivity contribution in [1.82, 2.24) is 0 Å². The largest absolute Gasteiger partial charge is 0.466 e. The monoisotopic (exact) mass is 340 g/mol. The van der Waals surface area contributed by atoms with Crippen molar-refractivity contribution in [1.29, 1.82) is 0 Å². The molecule has 5 heteroatoms. The van der Waals surface area contributed by atoms with Gasteiger partial charge in [0.2, 0.25) is 0 Å². The number of hydrogen-bond acceptors (Lipinski definition) is 4. The van der Waals surface area contributed by atoms with Gasteiger partial charge in [-0.15, -0.1) is 0 Å². The zero-order valence-corrected chi connectivity index (χ0v) is 14.4. The number of carbonyl (C=O) groups is 2. The molecular weight excluding hydrogens is 316 g/mol. The van der Waals surface area contributed by atoms with Gasteiger partial charge in [-0.1, -0.05) is 49.9 Å². The molecular formula is C18H25ClO4. The number of esters is 2. The average molecular weight is 341 g/mol. The molecule has 0 aliphatic rings. The van der Waals surface area contributed by atoms with E-state index in [1.807, 2.05) is 12.1 Å². The second-order valence-electron chi connectivity index (χ2n) is 5.38. The van der Waals surface area contributed by atoms with Crippen LogP contribution < -0.4 is 0 Å². The van der Waals surface area contributed by atoms with Crippen LogP contribution in [-0.4, -0.2) is 25.2 Å². The predicted molar refractivity (Wildman–Crippen MR) is 90.5 cm³/mol. The van der Waals surface area contributed by atoms with Crippen molar-refractivity contribution in [3.05, 3.63) is 34.9 Å². The number of carbonyl (C=O) groups excluding carboxylic acids is 2. The first-order chi connectivity index (χ1) is 11.1. The summed E-state index contributed by atoms with van der Waals surface area (Å²) < 4.78 is 10.2. The van der Waals surface area contributed by atoms with Crippen molar-refractivity contribution in [2.45, 2.75) is 51.9 Å². The van der Waals surface area contributed by atoms with E-state index in [-0.39, 0.29) is 24.8 Å². The lowest BCUT2D eigenvalue weighted by Gasteiger charge is -2.06. The van der Waals surface area contributed by atoms with E-state index in [1.165, 1.54) is 0 Å². The lowest BCUT2D eigenvalue weighted by Crippen LogP contribution is -2.12. The summed E-state index contributed by atoms with van der Waals surface area (Å²) in [5, 5.41) is 0.680. The Morgan fingerprint density at radius 2 is 1.52 bits per heavy atom. The predicted octanol–water partition coefficient (Wildman–Crippen LogP) is 4.33. The molecule has 0 amide bonds. The number of ether oxygens (including phenoxy) is 2. The number of benzene rings is 1. The Hall–Kier alpha value is -1.55. The molecule has 23 heavy (non-hydrogen) atoms. The molecule has 1 aromatic rings. The van der Waals surface area contributed by atoms with Gasteiger partial charge in [-0.2, -0.15) is 0 Å². The summed E-state index contributed by atoms with van der Waals surface area (Å²) in [5.74, 6) is -0.710. The molecule has 0 radical (unpaired) electrons. The van der Waals surface area contributed by atoms with Crippen molar-refractivity contribution >= 4 is 23.5 Å². The van der Waals surface area contributed by atoms with Gasteiger partial charge >= 0.3 is 11.9 Å². The molecule has 1 aromatic carbocycles. The van der Waals surface area contributed by atoms with Gasteiger partial charge in [0.05, 0.1) is 26.1 Å². The third kappa shape index (κ3) is 9.95. The Bertz CT molecular complexity index is 470. The molecule has 0 aliphatic carbocycles. The van der Waals surface area contributed by atoms with Crippen LogP contribution in [0.5, 0.6) is 0 Å². The van der Waals surface area contributed by atoms with Gasteiger partial charge < -0.3 is 9.47 Å². The molecule has 0 fully saturated rings. The molecule has 1 rings (SSSR count). The summed E-state index contributed by atoms with van der Waals surface area (Å²) in [7, 11) is 0. The zero-order chi connectivity index (χ0) is 16.9. The summed E-state index contributed by atoms with van der Waals surface area (Å²) >= 11 is 5.80. The first-order valence-corrected chi connectivity index (χ1v) is 8.55. The molecule has 0 spiro atoms. The number of rotatable bonds is 11. The first-order valence-electron chi connectivity index (χ1n) is 8.17. The Labute approximate surface area is 143 Å². The highest BCUT2D eigenvalue weighted by atomic mass is 35.5. The summed E-state index contributed by atoms with van der Waals surface area (Å²) in [6.07, 6.45) is 5.02. The molecule has 0 N–H and O–H groups in total. The Morgan fingerprint density at radius 3 is 2.13 bits per heavy atom. The topological polar surface area (TPSA) is 52.6 Å². The molecule has 0 saturated heterocycles. The fourth-order valence-corrected chi connectivity index (χ4v) is 2.12. The fourth-order valence-electron chi connectivity index (χ4n) is 2.00. The summed E-state index contributed by atoms with van der Waals surface area (Å²) in [5.41, 5.74) is 1.05. The molecule has 0 aromatic heterocycles. The maximum absolute atomic E-state index is 11.6. The van der Waals surface area contributed by atoms with Gasteiger partial charge in [-0.25, -0.2) is 0 Å². The van der Waals surface area contributed by atoms with Crippen molar-refractivity contribution in [2.24, 2.45) is 0 Å².